The minimum atomic E-state index is -3.13. The Morgan fingerprint density at radius 2 is 1.72 bits per heavy atom. The molecule has 0 spiro atoms. The summed E-state index contributed by atoms with van der Waals surface area (Å²) in [5, 5.41) is 6.93. The first-order chi connectivity index (χ1) is 15.2. The van der Waals surface area contributed by atoms with E-state index in [9.17, 15) is 18.4 Å². The fourth-order valence-corrected chi connectivity index (χ4v) is 3.13. The van der Waals surface area contributed by atoms with Gasteiger partial charge in [-0.15, -0.1) is 0 Å². The first-order valence-corrected chi connectivity index (χ1v) is 9.43. The third-order valence-corrected chi connectivity index (χ3v) is 4.56. The van der Waals surface area contributed by atoms with Crippen molar-refractivity contribution in [3.05, 3.63) is 65.0 Å². The van der Waals surface area contributed by atoms with Crippen LogP contribution >= 0.6 is 0 Å². The smallest absolute Gasteiger partial charge is 0.387 e. The first-order valence-electron chi connectivity index (χ1n) is 9.43. The fourth-order valence-electron chi connectivity index (χ4n) is 3.13. The molecule has 1 aromatic heterocycles. The molecule has 0 unspecified atom stereocenters. The minimum Gasteiger partial charge on any atom is -0.493 e. The van der Waals surface area contributed by atoms with Gasteiger partial charge in [0.2, 0.25) is 0 Å². The number of aryl methyl sites for hydroxylation is 2. The second-order valence-corrected chi connectivity index (χ2v) is 6.76. The van der Waals surface area contributed by atoms with Crippen LogP contribution in [0.2, 0.25) is 0 Å². The van der Waals surface area contributed by atoms with Crippen molar-refractivity contribution in [3.8, 4) is 17.2 Å². The average molecular weight is 445 g/mol. The zero-order chi connectivity index (χ0) is 23.4. The minimum absolute atomic E-state index is 0.0686. The van der Waals surface area contributed by atoms with Gasteiger partial charge in [0.15, 0.2) is 11.5 Å². The van der Waals surface area contributed by atoms with Crippen molar-refractivity contribution in [2.24, 2.45) is 0 Å². The Kier molecular flexibility index (Phi) is 6.72. The molecule has 0 aliphatic heterocycles. The summed E-state index contributed by atoms with van der Waals surface area (Å²) in [6, 6.07) is 10.8. The molecule has 0 bridgehead atoms. The Bertz CT molecular complexity index is 1140. The quantitative estimate of drug-likeness (QED) is 0.550. The van der Waals surface area contributed by atoms with Crippen molar-refractivity contribution in [2.75, 3.05) is 19.5 Å². The molecular formula is C22H21F2N3O5. The zero-order valence-corrected chi connectivity index (χ0v) is 17.8. The Hall–Kier alpha value is -3.95. The van der Waals surface area contributed by atoms with Gasteiger partial charge in [-0.1, -0.05) is 0 Å². The molecule has 3 aromatic rings. The lowest BCUT2D eigenvalue weighted by atomic mass is 10.1. The number of methoxy groups -OCH3 is 2. The van der Waals surface area contributed by atoms with Crippen LogP contribution in [0.5, 0.6) is 11.5 Å². The number of nitrogens with one attached hydrogen (secondary N) is 1. The van der Waals surface area contributed by atoms with Crippen molar-refractivity contribution in [1.82, 2.24) is 9.78 Å². The molecule has 0 aliphatic carbocycles. The van der Waals surface area contributed by atoms with Crippen LogP contribution in [-0.2, 0) is 4.74 Å². The number of rotatable bonds is 7. The number of ether oxygens (including phenoxy) is 3. The highest BCUT2D eigenvalue weighted by Gasteiger charge is 2.21. The molecule has 10 heteroatoms. The number of nitrogens with zero attached hydrogens (tertiary/aromatic N) is 2. The Morgan fingerprint density at radius 1 is 1.03 bits per heavy atom. The number of alkyl halides is 2. The molecular weight excluding hydrogens is 424 g/mol. The van der Waals surface area contributed by atoms with Gasteiger partial charge in [0.05, 0.1) is 36.9 Å². The topological polar surface area (TPSA) is 91.7 Å². The highest BCUT2D eigenvalue weighted by molar-refractivity contribution is 6.08. The summed E-state index contributed by atoms with van der Waals surface area (Å²) in [6.45, 7) is 0.668. The van der Waals surface area contributed by atoms with Gasteiger partial charge in [0.25, 0.3) is 5.91 Å². The van der Waals surface area contributed by atoms with E-state index in [4.69, 9.17) is 9.47 Å². The van der Waals surface area contributed by atoms with Gasteiger partial charge in [-0.3, -0.25) is 4.79 Å². The van der Waals surface area contributed by atoms with Crippen LogP contribution in [0.3, 0.4) is 0 Å². The summed E-state index contributed by atoms with van der Waals surface area (Å²) in [6.07, 6.45) is 0. The Morgan fingerprint density at radius 3 is 2.25 bits per heavy atom. The molecule has 0 atom stereocenters. The number of esters is 1. The predicted octanol–water partition coefficient (Wildman–Crippen LogP) is 4.14. The van der Waals surface area contributed by atoms with E-state index < -0.39 is 18.5 Å². The molecule has 2 aromatic carbocycles. The van der Waals surface area contributed by atoms with E-state index in [1.807, 2.05) is 19.9 Å². The summed E-state index contributed by atoms with van der Waals surface area (Å²) in [7, 11) is 2.39. The highest BCUT2D eigenvalue weighted by Crippen LogP contribution is 2.35. The second kappa shape index (κ2) is 9.46. The van der Waals surface area contributed by atoms with Gasteiger partial charge in [0.1, 0.15) is 0 Å². The van der Waals surface area contributed by atoms with Gasteiger partial charge in [-0.2, -0.15) is 13.9 Å². The van der Waals surface area contributed by atoms with Crippen LogP contribution < -0.4 is 14.8 Å². The SMILES string of the molecule is COC(=O)c1cc(OC)c(OC(F)F)cc1NC(=O)c1ccc(-n2nc(C)cc2C)cc1. The third kappa shape index (κ3) is 4.85. The molecule has 0 saturated carbocycles. The van der Waals surface area contributed by atoms with Gasteiger partial charge < -0.3 is 19.5 Å². The Labute approximate surface area is 182 Å². The summed E-state index contributed by atoms with van der Waals surface area (Å²) in [5.74, 6) is -1.81. The van der Waals surface area contributed by atoms with Crippen molar-refractivity contribution < 1.29 is 32.6 Å². The number of benzene rings is 2. The maximum atomic E-state index is 12.8. The number of anilines is 1. The van der Waals surface area contributed by atoms with E-state index >= 15 is 0 Å². The second-order valence-electron chi connectivity index (χ2n) is 6.76. The number of carbonyl (C=O) groups excluding carboxylic acids is 2. The number of hydrogen-bond acceptors (Lipinski definition) is 6. The predicted molar refractivity (Wildman–Crippen MR) is 112 cm³/mol. The summed E-state index contributed by atoms with van der Waals surface area (Å²) < 4.78 is 41.4. The molecule has 0 fully saturated rings. The lowest BCUT2D eigenvalue weighted by Crippen LogP contribution is -2.16. The monoisotopic (exact) mass is 445 g/mol. The standard InChI is InChI=1S/C22H21F2N3O5/c1-12-9-13(2)27(26-12)15-7-5-14(6-8-15)20(28)25-17-11-19(32-22(23)24)18(30-3)10-16(17)21(29)31-4/h5-11,22H,1-4H3,(H,25,28). The molecule has 3 rings (SSSR count). The van der Waals surface area contributed by atoms with Crippen LogP contribution in [0.4, 0.5) is 14.5 Å². The summed E-state index contributed by atoms with van der Waals surface area (Å²) in [4.78, 5) is 24.9. The summed E-state index contributed by atoms with van der Waals surface area (Å²) in [5.41, 5.74) is 2.69. The molecule has 1 N–H and O–H groups in total. The number of hydrogen-bond donors (Lipinski definition) is 1. The van der Waals surface area contributed by atoms with E-state index in [0.29, 0.717) is 0 Å². The molecule has 32 heavy (non-hydrogen) atoms. The van der Waals surface area contributed by atoms with Crippen molar-refractivity contribution in [3.63, 3.8) is 0 Å². The van der Waals surface area contributed by atoms with Crippen molar-refractivity contribution >= 4 is 17.6 Å². The summed E-state index contributed by atoms with van der Waals surface area (Å²) >= 11 is 0. The molecule has 0 aliphatic rings. The highest BCUT2D eigenvalue weighted by atomic mass is 19.3. The molecule has 0 saturated heterocycles. The molecule has 1 heterocycles. The maximum Gasteiger partial charge on any atom is 0.387 e. The van der Waals surface area contributed by atoms with Gasteiger partial charge in [0, 0.05) is 23.4 Å². The van der Waals surface area contributed by atoms with Gasteiger partial charge in [-0.25, -0.2) is 9.48 Å². The Balaban J connectivity index is 1.91. The van der Waals surface area contributed by atoms with Gasteiger partial charge >= 0.3 is 12.6 Å². The van der Waals surface area contributed by atoms with Crippen LogP contribution in [0, 0.1) is 13.8 Å². The number of amides is 1. The number of halogens is 2. The first kappa shape index (κ1) is 22.7. The van der Waals surface area contributed by atoms with E-state index in [0.717, 1.165) is 36.3 Å². The van der Waals surface area contributed by atoms with Crippen LogP contribution in [-0.4, -0.2) is 42.5 Å². The normalized spacial score (nSPS) is 10.7. The zero-order valence-electron chi connectivity index (χ0n) is 17.8. The largest absolute Gasteiger partial charge is 0.493 e. The van der Waals surface area contributed by atoms with Crippen LogP contribution in [0.1, 0.15) is 32.1 Å². The van der Waals surface area contributed by atoms with E-state index in [2.05, 4.69) is 15.2 Å². The fraction of sp³-hybridized carbons (Fsp3) is 0.227. The van der Waals surface area contributed by atoms with Gasteiger partial charge in [-0.05, 0) is 44.2 Å². The molecule has 1 amide bonds. The third-order valence-electron chi connectivity index (χ3n) is 4.56. The average Bonchev–Trinajstić information content (AvgIpc) is 3.11. The van der Waals surface area contributed by atoms with E-state index in [1.54, 1.807) is 28.9 Å². The lowest BCUT2D eigenvalue weighted by Gasteiger charge is -2.15. The van der Waals surface area contributed by atoms with E-state index in [1.165, 1.54) is 7.11 Å². The number of aromatic nitrogens is 2. The lowest BCUT2D eigenvalue weighted by molar-refractivity contribution is -0.0511. The molecule has 168 valence electrons. The van der Waals surface area contributed by atoms with Crippen molar-refractivity contribution in [1.29, 1.82) is 0 Å². The number of carbonyl (C=O) groups is 2. The van der Waals surface area contributed by atoms with Crippen molar-refractivity contribution in [2.45, 2.75) is 20.5 Å². The maximum absolute atomic E-state index is 12.8. The van der Waals surface area contributed by atoms with Crippen LogP contribution in [0.25, 0.3) is 5.69 Å². The molecule has 0 radical (unpaired) electrons. The molecule has 8 nitrogen and oxygen atoms in total. The van der Waals surface area contributed by atoms with E-state index in [-0.39, 0.29) is 28.3 Å². The van der Waals surface area contributed by atoms with Crippen LogP contribution in [0.15, 0.2) is 42.5 Å².